The fourth-order valence-electron chi connectivity index (χ4n) is 0. The molecule has 0 spiro atoms. The molecule has 0 aromatic carbocycles. The molecule has 0 aromatic heterocycles. The normalized spacial score (nSPS) is 4.43. The maximum atomic E-state index is 9.11. The molecule has 0 saturated heterocycles. The Morgan fingerprint density at radius 3 is 1.57 bits per heavy atom. The zero-order valence-electron chi connectivity index (χ0n) is 5.12. The molecule has 0 rings (SSSR count). The Morgan fingerprint density at radius 1 is 1.57 bits per heavy atom. The number of carbonyl (C=O) groups excluding carboxylic acids is 1. The van der Waals surface area contributed by atoms with Gasteiger partial charge < -0.3 is 17.5 Å². The van der Waals surface area contributed by atoms with E-state index < -0.39 is 5.91 Å². The molecule has 1 amide bonds. The van der Waals surface area contributed by atoms with Gasteiger partial charge in [-0.25, -0.2) is 0 Å². The van der Waals surface area contributed by atoms with Gasteiger partial charge in [0.15, 0.2) is 0 Å². The van der Waals surface area contributed by atoms with Gasteiger partial charge in [0, 0.05) is 5.91 Å². The van der Waals surface area contributed by atoms with Crippen molar-refractivity contribution < 1.29 is 56.2 Å². The minimum atomic E-state index is -0.583. The molecule has 0 bridgehead atoms. The van der Waals surface area contributed by atoms with Crippen molar-refractivity contribution in [3.8, 4) is 0 Å². The first-order valence-corrected chi connectivity index (χ1v) is 1.66. The molecule has 0 fully saturated rings. The van der Waals surface area contributed by atoms with Gasteiger partial charge in [-0.3, -0.25) is 0 Å². The van der Waals surface area contributed by atoms with Gasteiger partial charge >= 0.3 is 51.4 Å². The average molecular weight is 126 g/mol. The zero-order valence-corrected chi connectivity index (χ0v) is 8.24. The van der Waals surface area contributed by atoms with Crippen molar-refractivity contribution in [2.45, 2.75) is 13.8 Å². The van der Waals surface area contributed by atoms with E-state index in [1.807, 2.05) is 0 Å². The number of amides is 1. The van der Waals surface area contributed by atoms with E-state index in [9.17, 15) is 0 Å². The van der Waals surface area contributed by atoms with E-state index in [4.69, 9.17) is 10.5 Å². The van der Waals surface area contributed by atoms with E-state index >= 15 is 0 Å². The molecule has 0 unspecified atom stereocenters. The van der Waals surface area contributed by atoms with Gasteiger partial charge in [-0.2, -0.15) is 6.92 Å². The predicted octanol–water partition coefficient (Wildman–Crippen LogP) is -1.57. The van der Waals surface area contributed by atoms with Gasteiger partial charge in [-0.15, -0.1) is 0 Å². The monoisotopic (exact) mass is 126 g/mol. The third-order valence-electron chi connectivity index (χ3n) is 0. The largest absolute Gasteiger partial charge is 1.00 e. The summed E-state index contributed by atoms with van der Waals surface area (Å²) >= 11 is 0. The first-order chi connectivity index (χ1) is 2.73. The third kappa shape index (κ3) is 151. The van der Waals surface area contributed by atoms with E-state index in [1.54, 1.807) is 6.92 Å². The van der Waals surface area contributed by atoms with E-state index in [2.05, 4.69) is 6.92 Å². The van der Waals surface area contributed by atoms with Crippen molar-refractivity contribution in [2.75, 3.05) is 0 Å². The minimum absolute atomic E-state index is 0. The fourth-order valence-corrected chi connectivity index (χ4v) is 0. The molecule has 3 heteroatoms. The maximum absolute atomic E-state index is 9.11. The predicted molar refractivity (Wildman–Crippen MR) is 26.0 cm³/mol. The number of carbonyl (C=O) groups is 1. The summed E-state index contributed by atoms with van der Waals surface area (Å²) in [6.45, 7) is 6.19. The Bertz CT molecular complexity index is 34.7. The molecule has 0 radical (unpaired) electrons. The van der Waals surface area contributed by atoms with Gasteiger partial charge in [-0.05, 0) is 6.92 Å². The molecule has 7 heavy (non-hydrogen) atoms. The SMILES string of the molecule is CC([NH-])=O.[CH2-]C.[K+]. The second kappa shape index (κ2) is 15.7. The van der Waals surface area contributed by atoms with Crippen LogP contribution in [0.3, 0.4) is 0 Å². The molecule has 0 heterocycles. The molecule has 0 aliphatic rings. The van der Waals surface area contributed by atoms with Crippen LogP contribution in [-0.2, 0) is 4.79 Å². The van der Waals surface area contributed by atoms with E-state index in [0.29, 0.717) is 0 Å². The van der Waals surface area contributed by atoms with Crippen LogP contribution in [0, 0.1) is 6.92 Å². The van der Waals surface area contributed by atoms with Crippen molar-refractivity contribution in [3.05, 3.63) is 12.7 Å². The van der Waals surface area contributed by atoms with Gasteiger partial charge in [0.1, 0.15) is 0 Å². The van der Waals surface area contributed by atoms with Crippen LogP contribution in [0.2, 0.25) is 0 Å². The van der Waals surface area contributed by atoms with Crippen LogP contribution in [0.5, 0.6) is 0 Å². The van der Waals surface area contributed by atoms with Crippen molar-refractivity contribution in [1.29, 1.82) is 0 Å². The Hall–Kier alpha value is 1.11. The molecular weight excluding hydrogens is 117 g/mol. The molecule has 0 aliphatic heterocycles. The number of hydrogen-bond donors (Lipinski definition) is 0. The summed E-state index contributed by atoms with van der Waals surface area (Å²) in [4.78, 5) is 9.11. The maximum Gasteiger partial charge on any atom is 1.00 e. The average Bonchev–Trinajstić information content (AvgIpc) is 1.41. The van der Waals surface area contributed by atoms with Gasteiger partial charge in [-0.1, -0.05) is 0 Å². The van der Waals surface area contributed by atoms with E-state index in [1.165, 1.54) is 6.92 Å². The molecule has 0 atom stereocenters. The summed E-state index contributed by atoms with van der Waals surface area (Å²) in [5, 5.41) is 0. The van der Waals surface area contributed by atoms with Crippen LogP contribution >= 0.6 is 0 Å². The van der Waals surface area contributed by atoms with E-state index in [-0.39, 0.29) is 51.4 Å². The van der Waals surface area contributed by atoms with Crippen LogP contribution in [0.25, 0.3) is 5.73 Å². The standard InChI is InChI=1S/C2H5NO.C2H5.K/c1-2(3)4;1-2;/h1H3,(H2,3,4);1H2,2H3;/q;-1;+1/p-1. The Balaban J connectivity index is -0.0000000480. The van der Waals surface area contributed by atoms with Crippen LogP contribution in [0.4, 0.5) is 0 Å². The van der Waals surface area contributed by atoms with E-state index in [0.717, 1.165) is 0 Å². The number of hydrogen-bond acceptors (Lipinski definition) is 1. The number of nitrogens with one attached hydrogen (secondary N) is 1. The van der Waals surface area contributed by atoms with Gasteiger partial charge in [0.25, 0.3) is 0 Å². The molecular formula is C4H9KNO-. The number of rotatable bonds is 0. The Labute approximate surface area is 87.3 Å². The second-order valence-electron chi connectivity index (χ2n) is 0.556. The first kappa shape index (κ1) is 15.7. The summed E-state index contributed by atoms with van der Waals surface area (Å²) in [5.41, 5.74) is 5.94. The molecule has 0 aliphatic carbocycles. The van der Waals surface area contributed by atoms with Crippen molar-refractivity contribution in [3.63, 3.8) is 0 Å². The third-order valence-corrected chi connectivity index (χ3v) is 0. The summed E-state index contributed by atoms with van der Waals surface area (Å²) in [6.07, 6.45) is 0. The molecule has 2 nitrogen and oxygen atoms in total. The topological polar surface area (TPSA) is 40.9 Å². The smallest absolute Gasteiger partial charge is 0.668 e. The van der Waals surface area contributed by atoms with Gasteiger partial charge in [0.05, 0.1) is 0 Å². The second-order valence-corrected chi connectivity index (χ2v) is 0.556. The molecule has 1 N–H and O–H groups in total. The minimum Gasteiger partial charge on any atom is -0.668 e. The fraction of sp³-hybridized carbons (Fsp3) is 0.500. The molecule has 0 aromatic rings. The quantitative estimate of drug-likeness (QED) is 0.285. The summed E-state index contributed by atoms with van der Waals surface area (Å²) in [6, 6.07) is 0. The Kier molecular flexibility index (Phi) is 35.2. The summed E-state index contributed by atoms with van der Waals surface area (Å²) in [5.74, 6) is -0.583. The summed E-state index contributed by atoms with van der Waals surface area (Å²) in [7, 11) is 0. The van der Waals surface area contributed by atoms with Crippen LogP contribution in [0.1, 0.15) is 13.8 Å². The summed E-state index contributed by atoms with van der Waals surface area (Å²) < 4.78 is 0. The van der Waals surface area contributed by atoms with Crippen LogP contribution in [0.15, 0.2) is 0 Å². The zero-order chi connectivity index (χ0) is 5.58. The Morgan fingerprint density at radius 2 is 1.57 bits per heavy atom. The van der Waals surface area contributed by atoms with Crippen LogP contribution in [-0.4, -0.2) is 5.91 Å². The van der Waals surface area contributed by atoms with Crippen molar-refractivity contribution in [2.24, 2.45) is 0 Å². The van der Waals surface area contributed by atoms with Crippen molar-refractivity contribution >= 4 is 5.91 Å². The van der Waals surface area contributed by atoms with Crippen molar-refractivity contribution in [1.82, 2.24) is 0 Å². The van der Waals surface area contributed by atoms with Gasteiger partial charge in [0.2, 0.25) is 0 Å². The molecule has 38 valence electrons. The molecule has 0 saturated carbocycles. The van der Waals surface area contributed by atoms with Crippen LogP contribution < -0.4 is 51.4 Å². The first-order valence-electron chi connectivity index (χ1n) is 1.66.